The molecule has 5 nitrogen and oxygen atoms in total. The SMILES string of the molecule is CC/C=C\C/C=C\C/C=C\CCCCCCCC(=O)OC(COCCCCCCCCCC/C=C\C/C=C\CCCCC)COC(=O)CCCCCCCCC/C=C\C/C=C\CCCCC. The molecule has 0 aliphatic heterocycles. The van der Waals surface area contributed by atoms with Gasteiger partial charge in [-0.05, 0) is 116 Å². The van der Waals surface area contributed by atoms with Crippen LogP contribution in [0.5, 0.6) is 0 Å². The van der Waals surface area contributed by atoms with Crippen LogP contribution in [0.1, 0.15) is 265 Å². The number of ether oxygens (including phenoxy) is 3. The van der Waals surface area contributed by atoms with E-state index in [1.165, 1.54) is 141 Å². The van der Waals surface area contributed by atoms with E-state index in [0.29, 0.717) is 19.4 Å². The number of esters is 2. The summed E-state index contributed by atoms with van der Waals surface area (Å²) in [5.41, 5.74) is 0. The molecule has 0 aromatic rings. The van der Waals surface area contributed by atoms with Gasteiger partial charge in [-0.2, -0.15) is 0 Å². The topological polar surface area (TPSA) is 61.8 Å². The smallest absolute Gasteiger partial charge is 0.306 e. The molecule has 5 heteroatoms. The summed E-state index contributed by atoms with van der Waals surface area (Å²) in [6.45, 7) is 7.65. The molecule has 0 aliphatic rings. The van der Waals surface area contributed by atoms with Gasteiger partial charge >= 0.3 is 11.9 Å². The van der Waals surface area contributed by atoms with E-state index in [0.717, 1.165) is 89.9 Å². The van der Waals surface area contributed by atoms with Crippen molar-refractivity contribution < 1.29 is 23.8 Å². The lowest BCUT2D eigenvalue weighted by molar-refractivity contribution is -0.163. The van der Waals surface area contributed by atoms with Gasteiger partial charge in [0, 0.05) is 19.4 Å². The minimum absolute atomic E-state index is 0.0689. The van der Waals surface area contributed by atoms with Crippen LogP contribution in [0.3, 0.4) is 0 Å². The Hall–Kier alpha value is -2.92. The number of rotatable bonds is 51. The molecule has 380 valence electrons. The lowest BCUT2D eigenvalue weighted by atomic mass is 10.1. The molecule has 0 heterocycles. The number of hydrogen-bond donors (Lipinski definition) is 0. The van der Waals surface area contributed by atoms with E-state index in [2.05, 4.69) is 106 Å². The van der Waals surface area contributed by atoms with Crippen LogP contribution < -0.4 is 0 Å². The summed E-state index contributed by atoms with van der Waals surface area (Å²) in [6, 6.07) is 0. The zero-order chi connectivity index (χ0) is 47.7. The molecule has 0 bridgehead atoms. The van der Waals surface area contributed by atoms with Crippen molar-refractivity contribution in [3.05, 3.63) is 85.1 Å². The highest BCUT2D eigenvalue weighted by Crippen LogP contribution is 2.14. The number of unbranched alkanes of at least 4 members (excludes halogenated alkanes) is 26. The molecule has 0 rings (SSSR count). The minimum atomic E-state index is -0.556. The predicted octanol–water partition coefficient (Wildman–Crippen LogP) is 19.2. The third kappa shape index (κ3) is 53.7. The van der Waals surface area contributed by atoms with Crippen LogP contribution in [0.15, 0.2) is 85.1 Å². The molecule has 0 amide bonds. The molecular weight excluding hydrogens is 813 g/mol. The van der Waals surface area contributed by atoms with E-state index in [-0.39, 0.29) is 25.2 Å². The monoisotopic (exact) mass is 919 g/mol. The van der Waals surface area contributed by atoms with Gasteiger partial charge in [0.2, 0.25) is 0 Å². The molecular formula is C61H106O5. The Labute approximate surface area is 409 Å². The average molecular weight is 920 g/mol. The lowest BCUT2D eigenvalue weighted by Gasteiger charge is -2.18. The Kier molecular flexibility index (Phi) is 53.9. The molecule has 0 aromatic carbocycles. The lowest BCUT2D eigenvalue weighted by Crippen LogP contribution is -2.30. The van der Waals surface area contributed by atoms with Crippen molar-refractivity contribution in [3.63, 3.8) is 0 Å². The zero-order valence-electron chi connectivity index (χ0n) is 43.7. The quantitative estimate of drug-likeness (QED) is 0.0346. The van der Waals surface area contributed by atoms with Crippen molar-refractivity contribution in [2.75, 3.05) is 19.8 Å². The van der Waals surface area contributed by atoms with Crippen LogP contribution in [0.4, 0.5) is 0 Å². The summed E-state index contributed by atoms with van der Waals surface area (Å²) >= 11 is 0. The molecule has 0 aromatic heterocycles. The van der Waals surface area contributed by atoms with Gasteiger partial charge in [-0.15, -0.1) is 0 Å². The first-order valence-electron chi connectivity index (χ1n) is 28.1. The Bertz CT molecular complexity index is 1220. The fraction of sp³-hybridized carbons (Fsp3) is 0.738. The highest BCUT2D eigenvalue weighted by Gasteiger charge is 2.17. The fourth-order valence-corrected chi connectivity index (χ4v) is 7.70. The second-order valence-electron chi connectivity index (χ2n) is 18.4. The fourth-order valence-electron chi connectivity index (χ4n) is 7.70. The summed E-state index contributed by atoms with van der Waals surface area (Å²) < 4.78 is 17.4. The Morgan fingerprint density at radius 3 is 1.09 bits per heavy atom. The normalized spacial score (nSPS) is 12.8. The van der Waals surface area contributed by atoms with Gasteiger partial charge in [0.15, 0.2) is 6.10 Å². The van der Waals surface area contributed by atoms with Gasteiger partial charge in [0.1, 0.15) is 6.61 Å². The van der Waals surface area contributed by atoms with Crippen molar-refractivity contribution in [2.45, 2.75) is 271 Å². The van der Waals surface area contributed by atoms with E-state index in [1.807, 2.05) is 0 Å². The van der Waals surface area contributed by atoms with Gasteiger partial charge < -0.3 is 14.2 Å². The maximum absolute atomic E-state index is 12.8. The highest BCUT2D eigenvalue weighted by atomic mass is 16.6. The Morgan fingerprint density at radius 2 is 0.682 bits per heavy atom. The van der Waals surface area contributed by atoms with Crippen LogP contribution in [-0.4, -0.2) is 37.9 Å². The predicted molar refractivity (Wildman–Crippen MR) is 288 cm³/mol. The molecule has 0 aliphatic carbocycles. The van der Waals surface area contributed by atoms with Gasteiger partial charge in [0.25, 0.3) is 0 Å². The third-order valence-electron chi connectivity index (χ3n) is 11.9. The minimum Gasteiger partial charge on any atom is -0.462 e. The van der Waals surface area contributed by atoms with E-state index in [9.17, 15) is 9.59 Å². The number of hydrogen-bond acceptors (Lipinski definition) is 5. The average Bonchev–Trinajstić information content (AvgIpc) is 3.32. The number of carbonyl (C=O) groups is 2. The van der Waals surface area contributed by atoms with E-state index in [1.54, 1.807) is 0 Å². The Morgan fingerprint density at radius 1 is 0.348 bits per heavy atom. The van der Waals surface area contributed by atoms with Crippen LogP contribution >= 0.6 is 0 Å². The van der Waals surface area contributed by atoms with Crippen molar-refractivity contribution >= 4 is 11.9 Å². The van der Waals surface area contributed by atoms with Crippen molar-refractivity contribution in [1.29, 1.82) is 0 Å². The molecule has 0 radical (unpaired) electrons. The van der Waals surface area contributed by atoms with Crippen molar-refractivity contribution in [3.8, 4) is 0 Å². The zero-order valence-corrected chi connectivity index (χ0v) is 43.7. The van der Waals surface area contributed by atoms with Gasteiger partial charge in [-0.25, -0.2) is 0 Å². The summed E-state index contributed by atoms with van der Waals surface area (Å²) in [7, 11) is 0. The van der Waals surface area contributed by atoms with Crippen LogP contribution in [-0.2, 0) is 23.8 Å². The van der Waals surface area contributed by atoms with E-state index >= 15 is 0 Å². The van der Waals surface area contributed by atoms with Crippen LogP contribution in [0.2, 0.25) is 0 Å². The first kappa shape index (κ1) is 63.1. The largest absolute Gasteiger partial charge is 0.462 e. The molecule has 1 unspecified atom stereocenters. The first-order valence-corrected chi connectivity index (χ1v) is 28.1. The summed E-state index contributed by atoms with van der Waals surface area (Å²) in [5.74, 6) is -0.425. The molecule has 0 spiro atoms. The molecule has 0 N–H and O–H groups in total. The van der Waals surface area contributed by atoms with Crippen LogP contribution in [0.25, 0.3) is 0 Å². The standard InChI is InChI=1S/C61H106O5/c1-4-7-10-13-16-19-22-25-28-30-32-35-38-41-44-47-50-53-56-64-57-59(66-61(63)55-52-49-46-43-40-37-33-27-24-21-18-15-12-9-6-3)58-65-60(62)54-51-48-45-42-39-36-34-31-29-26-23-20-17-14-11-8-5-2/h9,12,16-21,25-29,33,59H,4-8,10-11,13-15,22-24,30-32,34-58H2,1-3H3/b12-9-,19-16-,20-17-,21-18-,28-25-,29-26-,33-27-. The van der Waals surface area contributed by atoms with Crippen molar-refractivity contribution in [2.24, 2.45) is 0 Å². The maximum atomic E-state index is 12.8. The number of carbonyl (C=O) groups excluding carboxylic acids is 2. The molecule has 0 saturated heterocycles. The summed E-state index contributed by atoms with van der Waals surface area (Å²) in [5, 5.41) is 0. The van der Waals surface area contributed by atoms with E-state index in [4.69, 9.17) is 14.2 Å². The highest BCUT2D eigenvalue weighted by molar-refractivity contribution is 5.70. The third-order valence-corrected chi connectivity index (χ3v) is 11.9. The number of allylic oxidation sites excluding steroid dienone is 14. The second-order valence-corrected chi connectivity index (χ2v) is 18.4. The van der Waals surface area contributed by atoms with Crippen LogP contribution in [0, 0.1) is 0 Å². The summed E-state index contributed by atoms with van der Waals surface area (Å²) in [6.07, 6.45) is 74.5. The summed E-state index contributed by atoms with van der Waals surface area (Å²) in [4.78, 5) is 25.5. The molecule has 1 atom stereocenters. The first-order chi connectivity index (χ1) is 32.6. The maximum Gasteiger partial charge on any atom is 0.306 e. The molecule has 0 fully saturated rings. The molecule has 66 heavy (non-hydrogen) atoms. The molecule has 0 saturated carbocycles. The van der Waals surface area contributed by atoms with Crippen molar-refractivity contribution in [1.82, 2.24) is 0 Å². The van der Waals surface area contributed by atoms with Gasteiger partial charge in [-0.1, -0.05) is 221 Å². The van der Waals surface area contributed by atoms with E-state index < -0.39 is 6.10 Å². The Balaban J connectivity index is 4.32. The second kappa shape index (κ2) is 56.4. The van der Waals surface area contributed by atoms with Gasteiger partial charge in [0.05, 0.1) is 6.61 Å². The van der Waals surface area contributed by atoms with Gasteiger partial charge in [-0.3, -0.25) is 9.59 Å².